The van der Waals surface area contributed by atoms with Crippen LogP contribution in [0.5, 0.6) is 0 Å². The van der Waals surface area contributed by atoms with Gasteiger partial charge < -0.3 is 10.6 Å². The molecule has 3 aromatic rings. The van der Waals surface area contributed by atoms with Crippen LogP contribution in [0.15, 0.2) is 54.6 Å². The number of amides is 2. The molecule has 0 spiro atoms. The molecule has 9 heteroatoms. The maximum atomic E-state index is 12.7. The molecular weight excluding hydrogens is 410 g/mol. The normalized spacial score (nSPS) is 13.7. The van der Waals surface area contributed by atoms with Gasteiger partial charge in [0.1, 0.15) is 5.82 Å². The Balaban J connectivity index is 1.51. The third-order valence-corrected chi connectivity index (χ3v) is 5.46. The van der Waals surface area contributed by atoms with E-state index in [-0.39, 0.29) is 23.2 Å². The predicted octanol–water partition coefficient (Wildman–Crippen LogP) is 4.01. The smallest absolute Gasteiger partial charge is 0.270 e. The fourth-order valence-electron chi connectivity index (χ4n) is 3.83. The zero-order valence-corrected chi connectivity index (χ0v) is 17.6. The number of benzene rings is 2. The highest BCUT2D eigenvalue weighted by atomic mass is 16.6. The topological polar surface area (TPSA) is 119 Å². The van der Waals surface area contributed by atoms with Crippen LogP contribution in [0.1, 0.15) is 52.1 Å². The highest BCUT2D eigenvalue weighted by Gasteiger charge is 2.19. The Labute approximate surface area is 184 Å². The van der Waals surface area contributed by atoms with Gasteiger partial charge in [-0.15, -0.1) is 0 Å². The molecule has 4 rings (SSSR count). The van der Waals surface area contributed by atoms with Crippen molar-refractivity contribution in [2.24, 2.45) is 0 Å². The molecule has 0 aliphatic heterocycles. The van der Waals surface area contributed by atoms with Gasteiger partial charge in [-0.3, -0.25) is 19.7 Å². The SMILES string of the molecule is Cc1cc(NC(=O)c2cccc([N+](=O)[O-])c2)n(-c2ccc(C(=O)NC3CCCC3)cc2)n1. The number of aryl methyl sites for hydroxylation is 1. The Hall–Kier alpha value is -4.01. The summed E-state index contributed by atoms with van der Waals surface area (Å²) in [7, 11) is 0. The van der Waals surface area contributed by atoms with Crippen LogP contribution in [-0.4, -0.2) is 32.6 Å². The van der Waals surface area contributed by atoms with Gasteiger partial charge in [-0.25, -0.2) is 4.68 Å². The van der Waals surface area contributed by atoms with Crippen LogP contribution in [0, 0.1) is 17.0 Å². The maximum absolute atomic E-state index is 12.7. The summed E-state index contributed by atoms with van der Waals surface area (Å²) in [5.74, 6) is -0.163. The van der Waals surface area contributed by atoms with Crippen molar-refractivity contribution in [3.05, 3.63) is 81.5 Å². The number of carbonyl (C=O) groups is 2. The van der Waals surface area contributed by atoms with Crippen molar-refractivity contribution >= 4 is 23.3 Å². The van der Waals surface area contributed by atoms with Gasteiger partial charge in [0.15, 0.2) is 0 Å². The van der Waals surface area contributed by atoms with Gasteiger partial charge in [-0.2, -0.15) is 5.10 Å². The Morgan fingerprint density at radius 3 is 2.44 bits per heavy atom. The van der Waals surface area contributed by atoms with Gasteiger partial charge in [0, 0.05) is 35.4 Å². The van der Waals surface area contributed by atoms with E-state index in [1.807, 2.05) is 0 Å². The van der Waals surface area contributed by atoms with Gasteiger partial charge in [-0.1, -0.05) is 18.9 Å². The predicted molar refractivity (Wildman–Crippen MR) is 119 cm³/mol. The molecule has 0 unspecified atom stereocenters. The lowest BCUT2D eigenvalue weighted by atomic mass is 10.1. The molecule has 9 nitrogen and oxygen atoms in total. The molecule has 0 radical (unpaired) electrons. The first-order chi connectivity index (χ1) is 15.4. The molecule has 1 fully saturated rings. The van der Waals surface area contributed by atoms with Crippen LogP contribution < -0.4 is 10.6 Å². The van der Waals surface area contributed by atoms with E-state index in [2.05, 4.69) is 15.7 Å². The van der Waals surface area contributed by atoms with Crippen LogP contribution in [0.4, 0.5) is 11.5 Å². The summed E-state index contributed by atoms with van der Waals surface area (Å²) in [6, 6.07) is 14.4. The van der Waals surface area contributed by atoms with E-state index in [0.717, 1.165) is 25.7 Å². The molecule has 32 heavy (non-hydrogen) atoms. The molecule has 1 aliphatic carbocycles. The van der Waals surface area contributed by atoms with Crippen molar-refractivity contribution in [2.75, 3.05) is 5.32 Å². The van der Waals surface area contributed by atoms with Gasteiger partial charge in [0.05, 0.1) is 16.3 Å². The Bertz CT molecular complexity index is 1160. The van der Waals surface area contributed by atoms with Gasteiger partial charge in [0.25, 0.3) is 17.5 Å². The molecule has 1 aromatic heterocycles. The molecule has 2 N–H and O–H groups in total. The average molecular weight is 433 g/mol. The lowest BCUT2D eigenvalue weighted by Gasteiger charge is -2.13. The second-order valence-electron chi connectivity index (χ2n) is 7.85. The van der Waals surface area contributed by atoms with Gasteiger partial charge >= 0.3 is 0 Å². The van der Waals surface area contributed by atoms with E-state index in [1.165, 1.54) is 24.3 Å². The number of carbonyl (C=O) groups excluding carboxylic acids is 2. The fourth-order valence-corrected chi connectivity index (χ4v) is 3.83. The monoisotopic (exact) mass is 433 g/mol. The number of nitrogens with one attached hydrogen (secondary N) is 2. The van der Waals surface area contributed by atoms with Gasteiger partial charge in [0.2, 0.25) is 0 Å². The van der Waals surface area contributed by atoms with Crippen molar-refractivity contribution in [3.8, 4) is 5.69 Å². The highest BCUT2D eigenvalue weighted by Crippen LogP contribution is 2.21. The minimum absolute atomic E-state index is 0.0979. The van der Waals surface area contributed by atoms with Crippen molar-refractivity contribution in [1.82, 2.24) is 15.1 Å². The molecule has 2 amide bonds. The van der Waals surface area contributed by atoms with Gasteiger partial charge in [-0.05, 0) is 50.1 Å². The maximum Gasteiger partial charge on any atom is 0.270 e. The summed E-state index contributed by atoms with van der Waals surface area (Å²) >= 11 is 0. The summed E-state index contributed by atoms with van der Waals surface area (Å²) in [6.45, 7) is 1.79. The number of hydrogen-bond donors (Lipinski definition) is 2. The number of anilines is 1. The molecule has 2 aromatic carbocycles. The van der Waals surface area contributed by atoms with E-state index >= 15 is 0 Å². The molecule has 0 bridgehead atoms. The van der Waals surface area contributed by atoms with E-state index in [1.54, 1.807) is 41.9 Å². The average Bonchev–Trinajstić information content (AvgIpc) is 3.43. The number of nitro groups is 1. The molecule has 0 atom stereocenters. The van der Waals surface area contributed by atoms with E-state index in [0.29, 0.717) is 22.8 Å². The van der Waals surface area contributed by atoms with Crippen LogP contribution in [0.3, 0.4) is 0 Å². The third-order valence-electron chi connectivity index (χ3n) is 5.46. The molecular formula is C23H23N5O4. The van der Waals surface area contributed by atoms with Crippen LogP contribution >= 0.6 is 0 Å². The number of non-ortho nitro benzene ring substituents is 1. The first-order valence-electron chi connectivity index (χ1n) is 10.4. The van der Waals surface area contributed by atoms with Crippen molar-refractivity contribution in [3.63, 3.8) is 0 Å². The number of aromatic nitrogens is 2. The van der Waals surface area contributed by atoms with Crippen LogP contribution in [-0.2, 0) is 0 Å². The first-order valence-corrected chi connectivity index (χ1v) is 10.4. The van der Waals surface area contributed by atoms with Crippen molar-refractivity contribution < 1.29 is 14.5 Å². The third kappa shape index (κ3) is 4.66. The van der Waals surface area contributed by atoms with Crippen LogP contribution in [0.2, 0.25) is 0 Å². The number of rotatable bonds is 6. The van der Waals surface area contributed by atoms with Crippen molar-refractivity contribution in [2.45, 2.75) is 38.6 Å². The second kappa shape index (κ2) is 9.01. The zero-order chi connectivity index (χ0) is 22.7. The number of hydrogen-bond acceptors (Lipinski definition) is 5. The summed E-state index contributed by atoms with van der Waals surface area (Å²) in [4.78, 5) is 35.6. The molecule has 1 saturated carbocycles. The van der Waals surface area contributed by atoms with E-state index in [4.69, 9.17) is 0 Å². The molecule has 1 heterocycles. The van der Waals surface area contributed by atoms with Crippen molar-refractivity contribution in [1.29, 1.82) is 0 Å². The molecule has 1 aliphatic rings. The second-order valence-corrected chi connectivity index (χ2v) is 7.85. The lowest BCUT2D eigenvalue weighted by molar-refractivity contribution is -0.384. The first kappa shape index (κ1) is 21.2. The van der Waals surface area contributed by atoms with E-state index < -0.39 is 10.8 Å². The Morgan fingerprint density at radius 2 is 1.75 bits per heavy atom. The highest BCUT2D eigenvalue weighted by molar-refractivity contribution is 6.04. The number of nitrogens with zero attached hydrogens (tertiary/aromatic N) is 3. The van der Waals surface area contributed by atoms with E-state index in [9.17, 15) is 19.7 Å². The minimum atomic E-state index is -0.546. The summed E-state index contributed by atoms with van der Waals surface area (Å²) < 4.78 is 1.56. The fraction of sp³-hybridized carbons (Fsp3) is 0.261. The Kier molecular flexibility index (Phi) is 5.98. The summed E-state index contributed by atoms with van der Waals surface area (Å²) in [6.07, 6.45) is 4.33. The number of nitro benzene ring substituents is 1. The lowest BCUT2D eigenvalue weighted by Crippen LogP contribution is -2.32. The Morgan fingerprint density at radius 1 is 1.03 bits per heavy atom. The standard InChI is InChI=1S/C23H23N5O4/c1-15-13-21(25-23(30)17-5-4-8-20(14-17)28(31)32)27(26-15)19-11-9-16(10-12-19)22(29)24-18-6-2-3-7-18/h4-5,8-14,18H,2-3,6-7H2,1H3,(H,24,29)(H,25,30). The molecule has 0 saturated heterocycles. The quantitative estimate of drug-likeness (QED) is 0.450. The van der Waals surface area contributed by atoms with Crippen LogP contribution in [0.25, 0.3) is 5.69 Å². The summed E-state index contributed by atoms with van der Waals surface area (Å²) in [5, 5.41) is 21.2. The largest absolute Gasteiger partial charge is 0.349 e. The minimum Gasteiger partial charge on any atom is -0.349 e. The zero-order valence-electron chi connectivity index (χ0n) is 17.6. The summed E-state index contributed by atoms with van der Waals surface area (Å²) in [5.41, 5.74) is 1.93. The molecule has 164 valence electrons.